The first-order valence-corrected chi connectivity index (χ1v) is 9.07. The molecule has 0 unspecified atom stereocenters. The standard InChI is InChI=1S/C20H18N6O3/c1-2-26-19(28)15-7-6-13(11-16(15)22-20(26)29)18(27)23-17-8-10-25(24-17)12-14-5-3-4-9-21-14/h3-11H,2,12H2,1H3,(H,22,29)(H,23,24,27). The van der Waals surface area contributed by atoms with Gasteiger partial charge in [0.2, 0.25) is 0 Å². The first-order valence-electron chi connectivity index (χ1n) is 9.07. The number of nitrogens with zero attached hydrogens (tertiary/aromatic N) is 4. The number of aromatic nitrogens is 5. The molecule has 0 spiro atoms. The fourth-order valence-corrected chi connectivity index (χ4v) is 3.05. The van der Waals surface area contributed by atoms with Crippen molar-refractivity contribution in [1.29, 1.82) is 0 Å². The summed E-state index contributed by atoms with van der Waals surface area (Å²) in [6.45, 7) is 2.47. The predicted octanol–water partition coefficient (Wildman–Crippen LogP) is 1.60. The number of nitrogens with one attached hydrogen (secondary N) is 2. The van der Waals surface area contributed by atoms with Crippen LogP contribution in [0.3, 0.4) is 0 Å². The second-order valence-corrected chi connectivity index (χ2v) is 6.41. The smallest absolute Gasteiger partial charge is 0.307 e. The summed E-state index contributed by atoms with van der Waals surface area (Å²) < 4.78 is 2.78. The molecule has 0 bridgehead atoms. The van der Waals surface area contributed by atoms with Crippen molar-refractivity contribution in [2.75, 3.05) is 5.32 Å². The lowest BCUT2D eigenvalue weighted by Gasteiger charge is -2.06. The number of rotatable bonds is 5. The molecular weight excluding hydrogens is 372 g/mol. The van der Waals surface area contributed by atoms with E-state index in [0.29, 0.717) is 28.8 Å². The van der Waals surface area contributed by atoms with Crippen molar-refractivity contribution in [3.05, 3.63) is 87.0 Å². The molecule has 3 aromatic heterocycles. The van der Waals surface area contributed by atoms with E-state index >= 15 is 0 Å². The van der Waals surface area contributed by atoms with Gasteiger partial charge in [0.05, 0.1) is 23.1 Å². The van der Waals surface area contributed by atoms with Gasteiger partial charge in [-0.2, -0.15) is 5.10 Å². The van der Waals surface area contributed by atoms with Crippen molar-refractivity contribution >= 4 is 22.6 Å². The average molecular weight is 390 g/mol. The molecule has 4 rings (SSSR count). The van der Waals surface area contributed by atoms with Crippen LogP contribution in [0.15, 0.2) is 64.4 Å². The van der Waals surface area contributed by atoms with Gasteiger partial charge in [-0.1, -0.05) is 6.07 Å². The van der Waals surface area contributed by atoms with Gasteiger partial charge in [-0.3, -0.25) is 23.8 Å². The number of pyridine rings is 1. The van der Waals surface area contributed by atoms with Crippen molar-refractivity contribution in [2.24, 2.45) is 0 Å². The summed E-state index contributed by atoms with van der Waals surface area (Å²) in [6, 6.07) is 11.9. The summed E-state index contributed by atoms with van der Waals surface area (Å²) in [5.74, 6) is -0.00331. The molecule has 0 saturated heterocycles. The van der Waals surface area contributed by atoms with Gasteiger partial charge in [0.1, 0.15) is 0 Å². The number of hydrogen-bond donors (Lipinski definition) is 2. The van der Waals surface area contributed by atoms with Crippen LogP contribution in [0.1, 0.15) is 23.0 Å². The summed E-state index contributed by atoms with van der Waals surface area (Å²) in [7, 11) is 0. The molecule has 146 valence electrons. The van der Waals surface area contributed by atoms with Crippen molar-refractivity contribution in [2.45, 2.75) is 20.0 Å². The minimum Gasteiger partial charge on any atom is -0.307 e. The third-order valence-electron chi connectivity index (χ3n) is 4.49. The fourth-order valence-electron chi connectivity index (χ4n) is 3.05. The number of benzene rings is 1. The van der Waals surface area contributed by atoms with E-state index in [1.54, 1.807) is 36.1 Å². The summed E-state index contributed by atoms with van der Waals surface area (Å²) >= 11 is 0. The molecule has 0 fully saturated rings. The molecule has 0 saturated carbocycles. The lowest BCUT2D eigenvalue weighted by Crippen LogP contribution is -2.34. The molecule has 29 heavy (non-hydrogen) atoms. The third-order valence-corrected chi connectivity index (χ3v) is 4.49. The fraction of sp³-hybridized carbons (Fsp3) is 0.150. The zero-order valence-electron chi connectivity index (χ0n) is 15.6. The van der Waals surface area contributed by atoms with E-state index in [1.165, 1.54) is 12.1 Å². The number of hydrogen-bond acceptors (Lipinski definition) is 5. The summed E-state index contributed by atoms with van der Waals surface area (Å²) in [5, 5.41) is 7.38. The normalized spacial score (nSPS) is 10.9. The highest BCUT2D eigenvalue weighted by atomic mass is 16.2. The topological polar surface area (TPSA) is 115 Å². The minimum absolute atomic E-state index is 0.271. The van der Waals surface area contributed by atoms with Gasteiger partial charge in [0, 0.05) is 30.6 Å². The van der Waals surface area contributed by atoms with E-state index in [2.05, 4.69) is 20.4 Å². The Labute approximate surface area is 164 Å². The number of fused-ring (bicyclic) bond motifs is 1. The summed E-state index contributed by atoms with van der Waals surface area (Å²) in [5.41, 5.74) is 0.589. The summed E-state index contributed by atoms with van der Waals surface area (Å²) in [4.78, 5) is 43.8. The maximum Gasteiger partial charge on any atom is 0.328 e. The highest BCUT2D eigenvalue weighted by Crippen LogP contribution is 2.12. The molecule has 1 amide bonds. The van der Waals surface area contributed by atoms with Crippen LogP contribution >= 0.6 is 0 Å². The van der Waals surface area contributed by atoms with Gasteiger partial charge in [-0.05, 0) is 37.3 Å². The Bertz CT molecular complexity index is 1300. The highest BCUT2D eigenvalue weighted by Gasteiger charge is 2.12. The minimum atomic E-state index is -0.504. The zero-order valence-corrected chi connectivity index (χ0v) is 15.6. The second-order valence-electron chi connectivity index (χ2n) is 6.41. The van der Waals surface area contributed by atoms with Gasteiger partial charge in [0.15, 0.2) is 5.82 Å². The Kier molecular flexibility index (Phi) is 4.78. The van der Waals surface area contributed by atoms with Crippen LogP contribution in [0, 0.1) is 0 Å². The first kappa shape index (κ1) is 18.4. The lowest BCUT2D eigenvalue weighted by atomic mass is 10.1. The van der Waals surface area contributed by atoms with E-state index in [-0.39, 0.29) is 12.1 Å². The number of amides is 1. The van der Waals surface area contributed by atoms with Gasteiger partial charge in [-0.15, -0.1) is 0 Å². The van der Waals surface area contributed by atoms with Gasteiger partial charge in [0.25, 0.3) is 11.5 Å². The Balaban J connectivity index is 1.55. The van der Waals surface area contributed by atoms with Gasteiger partial charge in [-0.25, -0.2) is 4.79 Å². The molecule has 4 aromatic rings. The number of anilines is 1. The second kappa shape index (κ2) is 7.55. The van der Waals surface area contributed by atoms with Crippen LogP contribution in [0.4, 0.5) is 5.82 Å². The molecule has 0 radical (unpaired) electrons. The van der Waals surface area contributed by atoms with Crippen molar-refractivity contribution in [3.63, 3.8) is 0 Å². The molecule has 1 aromatic carbocycles. The van der Waals surface area contributed by atoms with Gasteiger partial charge >= 0.3 is 5.69 Å². The van der Waals surface area contributed by atoms with Crippen LogP contribution < -0.4 is 16.6 Å². The van der Waals surface area contributed by atoms with Crippen LogP contribution in [0.25, 0.3) is 10.9 Å². The molecule has 0 aliphatic heterocycles. The van der Waals surface area contributed by atoms with Crippen molar-refractivity contribution in [3.8, 4) is 0 Å². The van der Waals surface area contributed by atoms with Crippen molar-refractivity contribution < 1.29 is 4.79 Å². The van der Waals surface area contributed by atoms with E-state index in [4.69, 9.17) is 0 Å². The molecule has 0 aliphatic rings. The summed E-state index contributed by atoms with van der Waals surface area (Å²) in [6.07, 6.45) is 3.45. The van der Waals surface area contributed by atoms with E-state index in [1.807, 2.05) is 18.2 Å². The van der Waals surface area contributed by atoms with E-state index in [9.17, 15) is 14.4 Å². The Hall–Kier alpha value is -4.01. The average Bonchev–Trinajstić information content (AvgIpc) is 3.15. The monoisotopic (exact) mass is 390 g/mol. The van der Waals surface area contributed by atoms with E-state index < -0.39 is 11.6 Å². The third kappa shape index (κ3) is 3.70. The molecule has 0 aliphatic carbocycles. The SMILES string of the molecule is CCn1c(=O)[nH]c2cc(C(=O)Nc3ccn(Cc4ccccn4)n3)ccc2c1=O. The number of carbonyl (C=O) groups excluding carboxylic acids is 1. The number of carbonyl (C=O) groups is 1. The number of H-pyrrole nitrogens is 1. The molecule has 0 atom stereocenters. The Morgan fingerprint density at radius 3 is 2.79 bits per heavy atom. The molecule has 2 N–H and O–H groups in total. The molecule has 3 heterocycles. The van der Waals surface area contributed by atoms with Crippen LogP contribution in [0.2, 0.25) is 0 Å². The quantitative estimate of drug-likeness (QED) is 0.537. The predicted molar refractivity (Wildman–Crippen MR) is 108 cm³/mol. The highest BCUT2D eigenvalue weighted by molar-refractivity contribution is 6.05. The maximum absolute atomic E-state index is 12.6. The van der Waals surface area contributed by atoms with Crippen LogP contribution in [-0.2, 0) is 13.1 Å². The van der Waals surface area contributed by atoms with Crippen molar-refractivity contribution in [1.82, 2.24) is 24.3 Å². The maximum atomic E-state index is 12.6. The molecule has 9 heteroatoms. The zero-order chi connectivity index (χ0) is 20.4. The first-order chi connectivity index (χ1) is 14.0. The largest absolute Gasteiger partial charge is 0.328 e. The number of aromatic amines is 1. The van der Waals surface area contributed by atoms with E-state index in [0.717, 1.165) is 10.3 Å². The van der Waals surface area contributed by atoms with Gasteiger partial charge < -0.3 is 10.3 Å². The Morgan fingerprint density at radius 1 is 1.17 bits per heavy atom. The Morgan fingerprint density at radius 2 is 2.03 bits per heavy atom. The lowest BCUT2D eigenvalue weighted by molar-refractivity contribution is 0.102. The van der Waals surface area contributed by atoms with Crippen LogP contribution in [0.5, 0.6) is 0 Å². The van der Waals surface area contributed by atoms with Crippen LogP contribution in [-0.4, -0.2) is 30.2 Å². The molecule has 9 nitrogen and oxygen atoms in total. The molecular formula is C20H18N6O3.